The van der Waals surface area contributed by atoms with E-state index in [1.807, 2.05) is 0 Å². The van der Waals surface area contributed by atoms with Gasteiger partial charge in [-0.2, -0.15) is 0 Å². The molecule has 442 valence electrons. The number of carbonyl (C=O) groups is 4. The van der Waals surface area contributed by atoms with Crippen LogP contribution in [-0.2, 0) is 61.1 Å². The molecule has 79 heavy (non-hydrogen) atoms. The maximum Gasteiger partial charge on any atom is 1.00 e. The van der Waals surface area contributed by atoms with Crippen LogP contribution in [0.15, 0.2) is 24.3 Å². The molecule has 14 N–H and O–H groups in total. The quantitative estimate of drug-likeness (QED) is 0.00972. The number of amides is 4. The third-order valence-electron chi connectivity index (χ3n) is 13.0. The molecule has 4 aliphatic heterocycles. The molecule has 0 radical (unpaired) electrons. The van der Waals surface area contributed by atoms with Crippen molar-refractivity contribution in [1.82, 2.24) is 21.3 Å². The minimum Gasteiger partial charge on any atom is -0.494 e. The molecule has 4 heterocycles. The fourth-order valence-electron chi connectivity index (χ4n) is 9.18. The summed E-state index contributed by atoms with van der Waals surface area (Å²) in [7, 11) is 0. The second-order valence-corrected chi connectivity index (χ2v) is 19.3. The zero-order valence-corrected chi connectivity index (χ0v) is 47.2. The van der Waals surface area contributed by atoms with E-state index in [2.05, 4.69) is 49.4 Å². The number of carbonyl (C=O) groups excluding carboxylic acids is 4. The van der Waals surface area contributed by atoms with Crippen molar-refractivity contribution in [2.75, 3.05) is 33.0 Å². The third-order valence-corrected chi connectivity index (χ3v) is 13.3. The summed E-state index contributed by atoms with van der Waals surface area (Å²) in [4.78, 5) is 51.2. The molecule has 20 atom stereocenters. The average Bonchev–Trinajstić information content (AvgIpc) is 3.42. The number of nitrogens with one attached hydrogen (secondary N) is 4. The van der Waals surface area contributed by atoms with Gasteiger partial charge in [0.1, 0.15) is 103 Å². The van der Waals surface area contributed by atoms with Gasteiger partial charge in [0.2, 0.25) is 17.7 Å². The monoisotopic (exact) mass is 1160 g/mol. The summed E-state index contributed by atoms with van der Waals surface area (Å²) in [5.74, 6) is 3.60. The van der Waals surface area contributed by atoms with Gasteiger partial charge in [0.25, 0.3) is 5.91 Å². The number of benzene rings is 1. The minimum atomic E-state index is -1.96. The van der Waals surface area contributed by atoms with Crippen molar-refractivity contribution < 1.29 is 151 Å². The molecule has 1 aromatic carbocycles. The van der Waals surface area contributed by atoms with E-state index in [-0.39, 0.29) is 47.4 Å². The number of ether oxygens (including phenoxy) is 8. The van der Waals surface area contributed by atoms with Gasteiger partial charge >= 0.3 is 29.6 Å². The first-order chi connectivity index (χ1) is 37.4. The van der Waals surface area contributed by atoms with E-state index >= 15 is 0 Å². The first kappa shape index (κ1) is 68.5. The summed E-state index contributed by atoms with van der Waals surface area (Å²) in [5.41, 5.74) is 0.0588. The summed E-state index contributed by atoms with van der Waals surface area (Å²) in [6.45, 7) is 2.30. The average molecular weight is 1160 g/mol. The van der Waals surface area contributed by atoms with Crippen LogP contribution in [0.25, 0.3) is 0 Å². The molecule has 4 aliphatic rings. The van der Waals surface area contributed by atoms with E-state index < -0.39 is 173 Å². The zero-order chi connectivity index (χ0) is 57.1. The molecule has 4 saturated heterocycles. The van der Waals surface area contributed by atoms with Crippen LogP contribution in [0.5, 0.6) is 5.75 Å². The molecule has 4 amide bonds. The number of unbranched alkanes of at least 4 members (excludes halogenated alkanes) is 5. The molecular formula is C48H74N4NaO25S+. The summed E-state index contributed by atoms with van der Waals surface area (Å²) in [6, 6.07) is -0.421. The zero-order valence-electron chi connectivity index (χ0n) is 44.3. The Hall–Kier alpha value is -2.99. The second-order valence-electron chi connectivity index (χ2n) is 18.8. The predicted molar refractivity (Wildman–Crippen MR) is 263 cm³/mol. The Morgan fingerprint density at radius 2 is 1.10 bits per heavy atom. The van der Waals surface area contributed by atoms with Crippen molar-refractivity contribution in [3.63, 3.8) is 0 Å². The summed E-state index contributed by atoms with van der Waals surface area (Å²) in [6.07, 6.45) is -21.6. The Kier molecular flexibility index (Phi) is 30.0. The van der Waals surface area contributed by atoms with Crippen LogP contribution in [0.4, 0.5) is 0 Å². The fraction of sp³-hybridized carbons (Fsp3) is 0.750. The number of rotatable bonds is 27. The van der Waals surface area contributed by atoms with Gasteiger partial charge in [-0.25, -0.2) is 5.26 Å². The van der Waals surface area contributed by atoms with Crippen LogP contribution in [0.3, 0.4) is 0 Å². The van der Waals surface area contributed by atoms with E-state index in [4.69, 9.17) is 47.3 Å². The molecule has 0 aromatic heterocycles. The van der Waals surface area contributed by atoms with Gasteiger partial charge in [-0.15, -0.1) is 16.2 Å². The van der Waals surface area contributed by atoms with Crippen LogP contribution < -0.4 is 55.6 Å². The Bertz CT molecular complexity index is 2100. The number of aliphatic hydroxyl groups excluding tert-OH is 9. The molecule has 5 rings (SSSR count). The Morgan fingerprint density at radius 3 is 1.62 bits per heavy atom. The molecule has 31 heteroatoms. The topological polar surface area (TPSA) is 420 Å². The van der Waals surface area contributed by atoms with Crippen LogP contribution in [-0.4, -0.2) is 230 Å². The molecule has 1 aromatic rings. The largest absolute Gasteiger partial charge is 1.00 e. The molecule has 0 aliphatic carbocycles. The SMILES string of the molecule is CCCCCCC#CCCCOc1cccc(C(=O)N[C@@H]2C(O[C@H]3C(O)C(NC(C)=O)C(OC4C(CO)O[C@@H](O[C@H]5C(O)C(NC(C)=O)C(O)O[C@H]5COSOOO)[C@@H](NC(C)=O)[C@H]4O)O[C@H]3CO)OC(CO)[C@@H](O)[C@@H]2O)c1.[Na+]. The van der Waals surface area contributed by atoms with Gasteiger partial charge in [0, 0.05) is 39.2 Å². The van der Waals surface area contributed by atoms with Crippen LogP contribution >= 0.6 is 12.3 Å². The van der Waals surface area contributed by atoms with E-state index in [9.17, 15) is 65.1 Å². The van der Waals surface area contributed by atoms with Crippen LogP contribution in [0.1, 0.15) is 83.0 Å². The van der Waals surface area contributed by atoms with Gasteiger partial charge in [0.05, 0.1) is 33.0 Å². The maximum atomic E-state index is 13.8. The smallest absolute Gasteiger partial charge is 0.494 e. The van der Waals surface area contributed by atoms with Crippen molar-refractivity contribution in [3.8, 4) is 17.6 Å². The summed E-state index contributed by atoms with van der Waals surface area (Å²) < 4.78 is 57.1. The van der Waals surface area contributed by atoms with E-state index in [0.717, 1.165) is 46.5 Å². The molecule has 29 nitrogen and oxygen atoms in total. The minimum absolute atomic E-state index is 0. The molecule has 0 saturated carbocycles. The Labute approximate surface area is 482 Å². The van der Waals surface area contributed by atoms with Crippen molar-refractivity contribution in [2.45, 2.75) is 195 Å². The second kappa shape index (κ2) is 34.6. The standard InChI is InChI=1S/C48H74N4O25S.Na/c1-5-6-7-8-9-10-11-12-13-17-67-27-16-14-15-26(18-27)44(64)52-33-37(60)36(59)28(19-53)70-46(33)73-41-29(20-54)71-47(34(39(41)62)50-24(3)57)74-42-30(21-55)72-48(35(40(42)63)51-25(4)58)75-43-31(22-68-78-77-76-66)69-45(65)32(38(43)61)49-23(2)56;/h14-16,18,28-43,45-48,53-55,59-63,65-66H,5-9,12-13,17,19-22H2,1-4H3,(H,49,56)(H,50,57)(H,51,58)(H,52,64);/q;+1/t28?,29-,30?,31-,32?,33-,34?,35-,36+,37+,38?,39?,40+,41+,42?,43+,45?,46?,47?,48-;/m0./s1. The van der Waals surface area contributed by atoms with E-state index in [1.165, 1.54) is 18.6 Å². The summed E-state index contributed by atoms with van der Waals surface area (Å²) in [5, 5.41) is 122. The first-order valence-corrected chi connectivity index (χ1v) is 26.1. The van der Waals surface area contributed by atoms with Gasteiger partial charge in [-0.1, -0.05) is 37.3 Å². The van der Waals surface area contributed by atoms with Crippen molar-refractivity contribution in [1.29, 1.82) is 0 Å². The van der Waals surface area contributed by atoms with Gasteiger partial charge in [0.15, 0.2) is 37.5 Å². The normalized spacial score (nSPS) is 34.5. The van der Waals surface area contributed by atoms with Gasteiger partial charge in [-0.3, -0.25) is 23.4 Å². The number of hydrogen-bond acceptors (Lipinski definition) is 26. The van der Waals surface area contributed by atoms with Gasteiger partial charge < -0.3 is 105 Å². The number of hydrogen-bond donors (Lipinski definition) is 14. The molecule has 0 bridgehead atoms. The number of aliphatic hydroxyl groups is 9. The fourth-order valence-corrected chi connectivity index (χ4v) is 9.43. The predicted octanol–water partition coefficient (Wildman–Crippen LogP) is -6.73. The van der Waals surface area contributed by atoms with Crippen molar-refractivity contribution in [3.05, 3.63) is 29.8 Å². The van der Waals surface area contributed by atoms with Crippen molar-refractivity contribution >= 4 is 36.0 Å². The van der Waals surface area contributed by atoms with Crippen LogP contribution in [0.2, 0.25) is 0 Å². The first-order valence-electron chi connectivity index (χ1n) is 25.4. The molecule has 10 unspecified atom stereocenters. The summed E-state index contributed by atoms with van der Waals surface area (Å²) >= 11 is 0.107. The Balaban J connectivity index is 0.0000134. The molecule has 0 spiro atoms. The van der Waals surface area contributed by atoms with Gasteiger partial charge in [-0.05, 0) is 31.0 Å². The molecular weight excluding hydrogens is 1090 g/mol. The van der Waals surface area contributed by atoms with Crippen molar-refractivity contribution in [2.24, 2.45) is 0 Å². The molecule has 4 fully saturated rings. The van der Waals surface area contributed by atoms with E-state index in [1.54, 1.807) is 12.1 Å². The maximum absolute atomic E-state index is 13.8. The van der Waals surface area contributed by atoms with E-state index in [0.29, 0.717) is 25.2 Å². The Morgan fingerprint density at radius 1 is 0.608 bits per heavy atom. The van der Waals surface area contributed by atoms with Crippen LogP contribution in [0, 0.1) is 11.8 Å². The third kappa shape index (κ3) is 19.6.